The first kappa shape index (κ1) is 17.8. The second-order valence-electron chi connectivity index (χ2n) is 6.94. The average Bonchev–Trinajstić information content (AvgIpc) is 3.05. The molecule has 30 heavy (non-hydrogen) atoms. The molecule has 0 radical (unpaired) electrons. The van der Waals surface area contributed by atoms with Crippen molar-refractivity contribution in [1.29, 1.82) is 0 Å². The van der Waals surface area contributed by atoms with E-state index < -0.39 is 17.4 Å². The Hall–Kier alpha value is -4.25. The highest BCUT2D eigenvalue weighted by Crippen LogP contribution is 2.30. The largest absolute Gasteiger partial charge is 0.276 e. The number of aromatic nitrogens is 1. The van der Waals surface area contributed by atoms with Crippen LogP contribution in [0.5, 0.6) is 0 Å². The topological polar surface area (TPSA) is 59.4 Å². The smallest absolute Gasteiger partial charge is 0.271 e. The zero-order chi connectivity index (χ0) is 20.7. The number of carbonyl (C=O) groups is 2. The lowest BCUT2D eigenvalue weighted by molar-refractivity contribution is 0.0926. The zero-order valence-electron chi connectivity index (χ0n) is 15.9. The second-order valence-corrected chi connectivity index (χ2v) is 6.94. The van der Waals surface area contributed by atoms with Gasteiger partial charge in [-0.2, -0.15) is 0 Å². The molecule has 2 amide bonds. The number of rotatable bonds is 3. The summed E-state index contributed by atoms with van der Waals surface area (Å²) in [6.07, 6.45) is 0. The van der Waals surface area contributed by atoms with Crippen LogP contribution in [0, 0.1) is 0 Å². The van der Waals surface area contributed by atoms with Crippen LogP contribution in [0.25, 0.3) is 16.9 Å². The number of imide groups is 1. The van der Waals surface area contributed by atoms with E-state index in [1.807, 2.05) is 48.5 Å². The molecule has 3 aromatic carbocycles. The Morgan fingerprint density at radius 3 is 1.70 bits per heavy atom. The van der Waals surface area contributed by atoms with Crippen molar-refractivity contribution in [3.8, 4) is 16.9 Å². The number of amides is 2. The molecule has 2 heterocycles. The molecule has 0 N–H and O–H groups in total. The van der Waals surface area contributed by atoms with Gasteiger partial charge >= 0.3 is 0 Å². The van der Waals surface area contributed by atoms with Crippen LogP contribution in [-0.4, -0.2) is 16.4 Å². The van der Waals surface area contributed by atoms with Gasteiger partial charge in [-0.15, -0.1) is 0 Å². The number of hydrogen-bond acceptors (Lipinski definition) is 3. The number of fused-ring (bicyclic) bond motifs is 1. The Morgan fingerprint density at radius 2 is 1.10 bits per heavy atom. The van der Waals surface area contributed by atoms with Crippen molar-refractivity contribution >= 4 is 17.5 Å². The number of pyridine rings is 1. The monoisotopic (exact) mass is 392 g/mol. The molecule has 0 saturated carbocycles. The molecule has 1 aromatic heterocycles. The maximum atomic E-state index is 13.6. The summed E-state index contributed by atoms with van der Waals surface area (Å²) >= 11 is 0. The van der Waals surface area contributed by atoms with Crippen molar-refractivity contribution in [3.05, 3.63) is 119 Å². The van der Waals surface area contributed by atoms with Crippen molar-refractivity contribution in [1.82, 2.24) is 4.57 Å². The van der Waals surface area contributed by atoms with Gasteiger partial charge in [0.25, 0.3) is 17.4 Å². The molecule has 5 heteroatoms. The minimum Gasteiger partial charge on any atom is -0.276 e. The predicted molar refractivity (Wildman–Crippen MR) is 115 cm³/mol. The maximum Gasteiger partial charge on any atom is 0.271 e. The van der Waals surface area contributed by atoms with E-state index >= 15 is 0 Å². The number of carbonyl (C=O) groups excluding carboxylic acids is 2. The quantitative estimate of drug-likeness (QED) is 0.488. The molecule has 1 aliphatic heterocycles. The minimum absolute atomic E-state index is 0.104. The van der Waals surface area contributed by atoms with E-state index in [1.54, 1.807) is 48.5 Å². The molecular weight excluding hydrogens is 376 g/mol. The van der Waals surface area contributed by atoms with Crippen LogP contribution >= 0.6 is 0 Å². The summed E-state index contributed by atoms with van der Waals surface area (Å²) < 4.78 is 1.49. The molecule has 0 spiro atoms. The Balaban J connectivity index is 1.80. The van der Waals surface area contributed by atoms with Crippen LogP contribution < -0.4 is 10.5 Å². The lowest BCUT2D eigenvalue weighted by Crippen LogP contribution is -2.31. The van der Waals surface area contributed by atoms with E-state index in [0.29, 0.717) is 17.1 Å². The Kier molecular flexibility index (Phi) is 4.14. The standard InChI is InChI=1S/C25H16N2O3/c28-23-20-16-21(17-10-4-1-5-11-17)26(18-12-6-2-7-13-18)24(29)22(20)25(30)27(23)19-14-8-3-9-15-19/h1-16H. The number of nitrogens with zero attached hydrogens (tertiary/aromatic N) is 2. The van der Waals surface area contributed by atoms with E-state index in [1.165, 1.54) is 4.57 Å². The molecule has 0 bridgehead atoms. The first-order valence-electron chi connectivity index (χ1n) is 9.51. The number of anilines is 1. The number of benzene rings is 3. The molecule has 0 unspecified atom stereocenters. The summed E-state index contributed by atoms with van der Waals surface area (Å²) in [5.41, 5.74) is 1.92. The molecular formula is C25H16N2O3. The molecule has 4 aromatic rings. The van der Waals surface area contributed by atoms with Gasteiger partial charge < -0.3 is 0 Å². The third-order valence-corrected chi connectivity index (χ3v) is 5.16. The van der Waals surface area contributed by atoms with Gasteiger partial charge in [-0.3, -0.25) is 19.0 Å². The van der Waals surface area contributed by atoms with Crippen LogP contribution in [0.3, 0.4) is 0 Å². The lowest BCUT2D eigenvalue weighted by Gasteiger charge is -2.14. The Bertz CT molecular complexity index is 1330. The average molecular weight is 392 g/mol. The lowest BCUT2D eigenvalue weighted by atomic mass is 10.0. The van der Waals surface area contributed by atoms with E-state index in [-0.39, 0.29) is 11.1 Å². The Morgan fingerprint density at radius 1 is 0.567 bits per heavy atom. The van der Waals surface area contributed by atoms with Crippen LogP contribution in [0.15, 0.2) is 102 Å². The number of hydrogen-bond donors (Lipinski definition) is 0. The molecule has 0 saturated heterocycles. The number of para-hydroxylation sites is 2. The van der Waals surface area contributed by atoms with Gasteiger partial charge in [0, 0.05) is 5.69 Å². The summed E-state index contributed by atoms with van der Waals surface area (Å²) in [7, 11) is 0. The van der Waals surface area contributed by atoms with E-state index in [9.17, 15) is 14.4 Å². The highest BCUT2D eigenvalue weighted by atomic mass is 16.2. The van der Waals surface area contributed by atoms with Gasteiger partial charge in [-0.25, -0.2) is 4.90 Å². The molecule has 0 atom stereocenters. The third kappa shape index (κ3) is 2.68. The SMILES string of the molecule is O=C1c2cc(-c3ccccc3)n(-c3ccccc3)c(=O)c2C(=O)N1c1ccccc1. The predicted octanol–water partition coefficient (Wildman–Crippen LogP) is 4.31. The second kappa shape index (κ2) is 6.97. The van der Waals surface area contributed by atoms with Gasteiger partial charge in [-0.05, 0) is 35.9 Å². The van der Waals surface area contributed by atoms with Crippen molar-refractivity contribution < 1.29 is 9.59 Å². The van der Waals surface area contributed by atoms with Crippen molar-refractivity contribution in [3.63, 3.8) is 0 Å². The molecule has 1 aliphatic rings. The molecule has 144 valence electrons. The molecule has 5 nitrogen and oxygen atoms in total. The normalized spacial score (nSPS) is 12.9. The van der Waals surface area contributed by atoms with Gasteiger partial charge in [0.15, 0.2) is 0 Å². The highest BCUT2D eigenvalue weighted by molar-refractivity contribution is 6.34. The fourth-order valence-electron chi connectivity index (χ4n) is 3.78. The van der Waals surface area contributed by atoms with Crippen molar-refractivity contribution in [2.75, 3.05) is 4.90 Å². The summed E-state index contributed by atoms with van der Waals surface area (Å²) in [5, 5.41) is 0. The fourth-order valence-corrected chi connectivity index (χ4v) is 3.78. The van der Waals surface area contributed by atoms with Gasteiger partial charge in [0.05, 0.1) is 16.9 Å². The molecule has 0 aliphatic carbocycles. The van der Waals surface area contributed by atoms with Crippen LogP contribution in [-0.2, 0) is 0 Å². The third-order valence-electron chi connectivity index (χ3n) is 5.16. The van der Waals surface area contributed by atoms with Crippen molar-refractivity contribution in [2.24, 2.45) is 0 Å². The summed E-state index contributed by atoms with van der Waals surface area (Å²) in [6, 6.07) is 28.8. The van der Waals surface area contributed by atoms with E-state index in [4.69, 9.17) is 0 Å². The molecule has 5 rings (SSSR count). The van der Waals surface area contributed by atoms with Gasteiger partial charge in [-0.1, -0.05) is 66.7 Å². The summed E-state index contributed by atoms with van der Waals surface area (Å²) in [4.78, 5) is 40.9. The van der Waals surface area contributed by atoms with Gasteiger partial charge in [0.2, 0.25) is 0 Å². The molecule has 0 fully saturated rings. The zero-order valence-corrected chi connectivity index (χ0v) is 15.9. The van der Waals surface area contributed by atoms with E-state index in [0.717, 1.165) is 10.5 Å². The summed E-state index contributed by atoms with van der Waals surface area (Å²) in [5.74, 6) is -1.09. The highest BCUT2D eigenvalue weighted by Gasteiger charge is 2.40. The van der Waals surface area contributed by atoms with Crippen LogP contribution in [0.2, 0.25) is 0 Å². The van der Waals surface area contributed by atoms with Gasteiger partial charge in [0.1, 0.15) is 5.56 Å². The first-order chi connectivity index (χ1) is 14.7. The summed E-state index contributed by atoms with van der Waals surface area (Å²) in [6.45, 7) is 0. The van der Waals surface area contributed by atoms with Crippen LogP contribution in [0.4, 0.5) is 5.69 Å². The van der Waals surface area contributed by atoms with Crippen molar-refractivity contribution in [2.45, 2.75) is 0 Å². The Labute approximate surface area is 172 Å². The maximum absolute atomic E-state index is 13.6. The first-order valence-corrected chi connectivity index (χ1v) is 9.51. The fraction of sp³-hybridized carbons (Fsp3) is 0. The van der Waals surface area contributed by atoms with Crippen LogP contribution in [0.1, 0.15) is 20.7 Å². The van der Waals surface area contributed by atoms with E-state index in [2.05, 4.69) is 0 Å². The minimum atomic E-state index is -0.601.